The SMILES string of the molecule is CC(NC(=S)NC(=O)COc1ccc2ccccc2c1Br)c1ccccc1. The van der Waals surface area contributed by atoms with Gasteiger partial charge >= 0.3 is 0 Å². The summed E-state index contributed by atoms with van der Waals surface area (Å²) in [6.45, 7) is 1.86. The third kappa shape index (κ3) is 5.05. The summed E-state index contributed by atoms with van der Waals surface area (Å²) in [5.74, 6) is 0.299. The summed E-state index contributed by atoms with van der Waals surface area (Å²) in [6, 6.07) is 21.6. The second-order valence-electron chi connectivity index (χ2n) is 6.04. The van der Waals surface area contributed by atoms with E-state index >= 15 is 0 Å². The van der Waals surface area contributed by atoms with Gasteiger partial charge < -0.3 is 15.4 Å². The zero-order valence-corrected chi connectivity index (χ0v) is 17.1. The first-order valence-electron chi connectivity index (χ1n) is 8.50. The lowest BCUT2D eigenvalue weighted by Crippen LogP contribution is -2.42. The van der Waals surface area contributed by atoms with Gasteiger partial charge in [-0.05, 0) is 57.5 Å². The zero-order valence-electron chi connectivity index (χ0n) is 14.7. The second-order valence-corrected chi connectivity index (χ2v) is 7.24. The number of carbonyl (C=O) groups is 1. The molecule has 3 aromatic rings. The van der Waals surface area contributed by atoms with Gasteiger partial charge in [-0.2, -0.15) is 0 Å². The predicted octanol–water partition coefficient (Wildman–Crippen LogP) is 4.73. The maximum Gasteiger partial charge on any atom is 0.264 e. The van der Waals surface area contributed by atoms with Crippen LogP contribution in [0, 0.1) is 0 Å². The molecule has 0 saturated carbocycles. The molecule has 0 aliphatic carbocycles. The molecule has 0 radical (unpaired) electrons. The van der Waals surface area contributed by atoms with Gasteiger partial charge in [0.25, 0.3) is 5.91 Å². The van der Waals surface area contributed by atoms with Crippen molar-refractivity contribution < 1.29 is 9.53 Å². The fraction of sp³-hybridized carbons (Fsp3) is 0.143. The van der Waals surface area contributed by atoms with Gasteiger partial charge in [0.15, 0.2) is 11.7 Å². The monoisotopic (exact) mass is 442 g/mol. The van der Waals surface area contributed by atoms with Gasteiger partial charge in [0.05, 0.1) is 10.5 Å². The molecule has 3 aromatic carbocycles. The molecule has 0 aliphatic heterocycles. The topological polar surface area (TPSA) is 50.4 Å². The van der Waals surface area contributed by atoms with Crippen molar-refractivity contribution in [3.63, 3.8) is 0 Å². The van der Waals surface area contributed by atoms with E-state index in [-0.39, 0.29) is 23.7 Å². The van der Waals surface area contributed by atoms with Crippen molar-refractivity contribution in [2.45, 2.75) is 13.0 Å². The van der Waals surface area contributed by atoms with Crippen LogP contribution in [0.3, 0.4) is 0 Å². The largest absolute Gasteiger partial charge is 0.483 e. The summed E-state index contributed by atoms with van der Waals surface area (Å²) < 4.78 is 6.48. The summed E-state index contributed by atoms with van der Waals surface area (Å²) in [6.07, 6.45) is 0. The van der Waals surface area contributed by atoms with E-state index in [2.05, 4.69) is 26.6 Å². The van der Waals surface area contributed by atoms with Crippen molar-refractivity contribution in [1.82, 2.24) is 10.6 Å². The number of halogens is 1. The molecular formula is C21H19BrN2O2S. The van der Waals surface area contributed by atoms with Crippen LogP contribution in [-0.2, 0) is 4.79 Å². The van der Waals surface area contributed by atoms with E-state index in [4.69, 9.17) is 17.0 Å². The van der Waals surface area contributed by atoms with Crippen LogP contribution in [0.25, 0.3) is 10.8 Å². The van der Waals surface area contributed by atoms with Crippen molar-refractivity contribution in [2.75, 3.05) is 6.61 Å². The van der Waals surface area contributed by atoms with Crippen LogP contribution < -0.4 is 15.4 Å². The maximum atomic E-state index is 12.1. The van der Waals surface area contributed by atoms with Crippen LogP contribution in [-0.4, -0.2) is 17.6 Å². The Morgan fingerprint density at radius 2 is 1.78 bits per heavy atom. The highest BCUT2D eigenvalue weighted by Gasteiger charge is 2.11. The van der Waals surface area contributed by atoms with Crippen LogP contribution in [0.2, 0.25) is 0 Å². The van der Waals surface area contributed by atoms with Crippen LogP contribution in [0.1, 0.15) is 18.5 Å². The van der Waals surface area contributed by atoms with Crippen LogP contribution in [0.15, 0.2) is 71.2 Å². The summed E-state index contributed by atoms with van der Waals surface area (Å²) in [5.41, 5.74) is 1.09. The minimum absolute atomic E-state index is 0.00505. The first-order chi connectivity index (χ1) is 13.0. The van der Waals surface area contributed by atoms with Crippen molar-refractivity contribution in [1.29, 1.82) is 0 Å². The molecule has 1 unspecified atom stereocenters. The zero-order chi connectivity index (χ0) is 19.2. The van der Waals surface area contributed by atoms with Crippen molar-refractivity contribution in [3.8, 4) is 5.75 Å². The van der Waals surface area contributed by atoms with E-state index in [0.717, 1.165) is 20.8 Å². The molecule has 2 N–H and O–H groups in total. The summed E-state index contributed by atoms with van der Waals surface area (Å²) in [5, 5.41) is 8.15. The van der Waals surface area contributed by atoms with Gasteiger partial charge in [0.2, 0.25) is 0 Å². The first kappa shape index (κ1) is 19.3. The molecule has 4 nitrogen and oxygen atoms in total. The summed E-state index contributed by atoms with van der Waals surface area (Å²) in [7, 11) is 0. The molecule has 0 heterocycles. The predicted molar refractivity (Wildman–Crippen MR) is 116 cm³/mol. The molecule has 0 aromatic heterocycles. The average Bonchev–Trinajstić information content (AvgIpc) is 2.68. The van der Waals surface area contributed by atoms with Crippen LogP contribution in [0.4, 0.5) is 0 Å². The fourth-order valence-corrected chi connectivity index (χ4v) is 3.59. The average molecular weight is 443 g/mol. The number of benzene rings is 3. The third-order valence-electron chi connectivity index (χ3n) is 4.09. The van der Waals surface area contributed by atoms with Gasteiger partial charge in [-0.25, -0.2) is 0 Å². The van der Waals surface area contributed by atoms with E-state index in [1.807, 2.05) is 73.7 Å². The van der Waals surface area contributed by atoms with Gasteiger partial charge in [0, 0.05) is 0 Å². The second kappa shape index (κ2) is 8.97. The third-order valence-corrected chi connectivity index (χ3v) is 5.12. The molecule has 0 saturated heterocycles. The number of ether oxygens (including phenoxy) is 1. The maximum absolute atomic E-state index is 12.1. The van der Waals surface area contributed by atoms with Crippen molar-refractivity contribution in [3.05, 3.63) is 76.8 Å². The van der Waals surface area contributed by atoms with Gasteiger partial charge in [-0.15, -0.1) is 0 Å². The molecule has 27 heavy (non-hydrogen) atoms. The van der Waals surface area contributed by atoms with Gasteiger partial charge in [-0.3, -0.25) is 4.79 Å². The molecule has 1 amide bonds. The molecule has 6 heteroatoms. The normalized spacial score (nSPS) is 11.6. The molecule has 0 bridgehead atoms. The minimum Gasteiger partial charge on any atom is -0.483 e. The van der Waals surface area contributed by atoms with Gasteiger partial charge in [-0.1, -0.05) is 60.7 Å². The molecular weight excluding hydrogens is 424 g/mol. The van der Waals surface area contributed by atoms with E-state index in [9.17, 15) is 4.79 Å². The summed E-state index contributed by atoms with van der Waals surface area (Å²) in [4.78, 5) is 12.1. The Bertz CT molecular complexity index is 963. The fourth-order valence-electron chi connectivity index (χ4n) is 2.69. The lowest BCUT2D eigenvalue weighted by Gasteiger charge is -2.17. The van der Waals surface area contributed by atoms with Crippen LogP contribution >= 0.6 is 28.1 Å². The highest BCUT2D eigenvalue weighted by atomic mass is 79.9. The first-order valence-corrected chi connectivity index (χ1v) is 9.70. The highest BCUT2D eigenvalue weighted by Crippen LogP contribution is 2.32. The smallest absolute Gasteiger partial charge is 0.264 e. The molecule has 0 spiro atoms. The Morgan fingerprint density at radius 1 is 1.07 bits per heavy atom. The summed E-state index contributed by atoms with van der Waals surface area (Å²) >= 11 is 8.77. The Hall–Kier alpha value is -2.44. The van der Waals surface area contributed by atoms with E-state index in [0.29, 0.717) is 5.75 Å². The Balaban J connectivity index is 1.54. The molecule has 138 valence electrons. The van der Waals surface area contributed by atoms with E-state index in [1.54, 1.807) is 0 Å². The Morgan fingerprint density at radius 3 is 2.56 bits per heavy atom. The molecule has 1 atom stereocenters. The molecule has 3 rings (SSSR count). The lowest BCUT2D eigenvalue weighted by molar-refractivity contribution is -0.121. The van der Waals surface area contributed by atoms with Crippen LogP contribution in [0.5, 0.6) is 5.75 Å². The van der Waals surface area contributed by atoms with E-state index < -0.39 is 0 Å². The molecule has 0 aliphatic rings. The van der Waals surface area contributed by atoms with Gasteiger partial charge in [0.1, 0.15) is 5.75 Å². The quantitative estimate of drug-likeness (QED) is 0.560. The number of nitrogens with one attached hydrogen (secondary N) is 2. The highest BCUT2D eigenvalue weighted by molar-refractivity contribution is 9.10. The number of amides is 1. The van der Waals surface area contributed by atoms with Crippen molar-refractivity contribution in [2.24, 2.45) is 0 Å². The minimum atomic E-state index is -0.312. The van der Waals surface area contributed by atoms with Crippen molar-refractivity contribution >= 4 is 49.9 Å². The van der Waals surface area contributed by atoms with E-state index in [1.165, 1.54) is 0 Å². The number of thiocarbonyl (C=S) groups is 1. The number of hydrogen-bond acceptors (Lipinski definition) is 3. The number of carbonyl (C=O) groups excluding carboxylic acids is 1. The lowest BCUT2D eigenvalue weighted by atomic mass is 10.1. The Kier molecular flexibility index (Phi) is 6.42. The number of hydrogen-bond donors (Lipinski definition) is 2. The standard InChI is InChI=1S/C21H19BrN2O2S/c1-14(15-7-3-2-4-8-15)23-21(27)24-19(25)13-26-18-12-11-16-9-5-6-10-17(16)20(18)22/h2-12,14H,13H2,1H3,(H2,23,24,25,27). The number of rotatable bonds is 5. The molecule has 0 fully saturated rings. The number of fused-ring (bicyclic) bond motifs is 1. The Labute approximate surface area is 172 Å².